The van der Waals surface area contributed by atoms with Gasteiger partial charge in [-0.15, -0.1) is 0 Å². The van der Waals surface area contributed by atoms with Crippen LogP contribution in [0.3, 0.4) is 0 Å². The summed E-state index contributed by atoms with van der Waals surface area (Å²) in [4.78, 5) is 23.7. The number of nitrogens with one attached hydrogen (secondary N) is 2. The molecule has 0 saturated carbocycles. The van der Waals surface area contributed by atoms with Crippen molar-refractivity contribution in [1.82, 2.24) is 10.6 Å². The molecule has 2 N–H and O–H groups in total. The van der Waals surface area contributed by atoms with Crippen LogP contribution in [-0.4, -0.2) is 37.6 Å². The molecule has 0 saturated heterocycles. The van der Waals surface area contributed by atoms with E-state index in [0.717, 1.165) is 11.3 Å². The number of ether oxygens (including phenoxy) is 2. The van der Waals surface area contributed by atoms with Gasteiger partial charge in [-0.3, -0.25) is 9.59 Å². The smallest absolute Gasteiger partial charge is 0.224 e. The van der Waals surface area contributed by atoms with Crippen LogP contribution in [0, 0.1) is 0 Å². The maximum Gasteiger partial charge on any atom is 0.224 e. The highest BCUT2D eigenvalue weighted by Crippen LogP contribution is 2.30. The maximum atomic E-state index is 11.9. The van der Waals surface area contributed by atoms with E-state index >= 15 is 0 Å². The van der Waals surface area contributed by atoms with E-state index in [1.807, 2.05) is 54.6 Å². The van der Waals surface area contributed by atoms with Gasteiger partial charge in [0.2, 0.25) is 11.8 Å². The summed E-state index contributed by atoms with van der Waals surface area (Å²) >= 11 is 0. The molecular formula is C20H22N2O4. The SMILES string of the molecule is O=C(CCNC(=O)Cc1ccccc1)NCC1COc2ccccc2O1. The molecule has 0 bridgehead atoms. The lowest BCUT2D eigenvalue weighted by molar-refractivity contribution is -0.122. The zero-order chi connectivity index (χ0) is 18.2. The third kappa shape index (κ3) is 5.24. The van der Waals surface area contributed by atoms with Crippen LogP contribution in [0.4, 0.5) is 0 Å². The van der Waals surface area contributed by atoms with Gasteiger partial charge >= 0.3 is 0 Å². The third-order valence-corrected chi connectivity index (χ3v) is 3.98. The zero-order valence-electron chi connectivity index (χ0n) is 14.4. The van der Waals surface area contributed by atoms with Crippen LogP contribution in [-0.2, 0) is 16.0 Å². The Morgan fingerprint density at radius 3 is 2.46 bits per heavy atom. The molecule has 0 fully saturated rings. The topological polar surface area (TPSA) is 76.7 Å². The van der Waals surface area contributed by atoms with Crippen LogP contribution in [0.5, 0.6) is 11.5 Å². The van der Waals surface area contributed by atoms with E-state index < -0.39 is 0 Å². The van der Waals surface area contributed by atoms with Crippen molar-refractivity contribution in [1.29, 1.82) is 0 Å². The van der Waals surface area contributed by atoms with Crippen LogP contribution in [0.25, 0.3) is 0 Å². The fourth-order valence-electron chi connectivity index (χ4n) is 2.64. The Hall–Kier alpha value is -3.02. The van der Waals surface area contributed by atoms with Crippen molar-refractivity contribution in [3.8, 4) is 11.5 Å². The largest absolute Gasteiger partial charge is 0.486 e. The Morgan fingerprint density at radius 1 is 0.923 bits per heavy atom. The molecule has 1 aliphatic rings. The lowest BCUT2D eigenvalue weighted by atomic mass is 10.1. The highest BCUT2D eigenvalue weighted by atomic mass is 16.6. The van der Waals surface area contributed by atoms with Crippen molar-refractivity contribution in [2.75, 3.05) is 19.7 Å². The second kappa shape index (κ2) is 8.89. The Kier molecular flexibility index (Phi) is 6.09. The second-order valence-corrected chi connectivity index (χ2v) is 6.06. The van der Waals surface area contributed by atoms with Crippen molar-refractivity contribution >= 4 is 11.8 Å². The molecule has 1 aliphatic heterocycles. The van der Waals surface area contributed by atoms with Crippen LogP contribution in [0.15, 0.2) is 54.6 Å². The number of para-hydroxylation sites is 2. The normalized spacial score (nSPS) is 15.2. The molecule has 2 aromatic carbocycles. The molecule has 2 amide bonds. The van der Waals surface area contributed by atoms with Crippen molar-refractivity contribution < 1.29 is 19.1 Å². The summed E-state index contributed by atoms with van der Waals surface area (Å²) in [5.74, 6) is 1.18. The monoisotopic (exact) mass is 354 g/mol. The van der Waals surface area contributed by atoms with Gasteiger partial charge in [0.1, 0.15) is 12.7 Å². The Bertz CT molecular complexity index is 748. The first-order valence-electron chi connectivity index (χ1n) is 8.66. The number of hydrogen-bond donors (Lipinski definition) is 2. The van der Waals surface area contributed by atoms with E-state index in [1.54, 1.807) is 0 Å². The predicted molar refractivity (Wildman–Crippen MR) is 97.1 cm³/mol. The zero-order valence-corrected chi connectivity index (χ0v) is 14.4. The molecule has 0 radical (unpaired) electrons. The molecule has 2 aromatic rings. The molecule has 1 heterocycles. The molecule has 6 heteroatoms. The number of benzene rings is 2. The number of rotatable bonds is 7. The van der Waals surface area contributed by atoms with Crippen LogP contribution >= 0.6 is 0 Å². The molecule has 0 spiro atoms. The minimum atomic E-state index is -0.221. The van der Waals surface area contributed by atoms with E-state index in [0.29, 0.717) is 31.9 Å². The van der Waals surface area contributed by atoms with E-state index in [2.05, 4.69) is 10.6 Å². The molecule has 3 rings (SSSR count). The average Bonchev–Trinajstić information content (AvgIpc) is 2.67. The molecule has 0 aliphatic carbocycles. The van der Waals surface area contributed by atoms with E-state index in [1.165, 1.54) is 0 Å². The highest BCUT2D eigenvalue weighted by molar-refractivity contribution is 5.80. The maximum absolute atomic E-state index is 11.9. The number of hydrogen-bond acceptors (Lipinski definition) is 4. The summed E-state index contributed by atoms with van der Waals surface area (Å²) in [7, 11) is 0. The standard InChI is InChI=1S/C20H22N2O4/c23-19(10-11-21-20(24)12-15-6-2-1-3-7-15)22-13-16-14-25-17-8-4-5-9-18(17)26-16/h1-9,16H,10-14H2,(H,21,24)(H,22,23). The van der Waals surface area contributed by atoms with E-state index in [-0.39, 0.29) is 24.3 Å². The summed E-state index contributed by atoms with van der Waals surface area (Å²) < 4.78 is 11.4. The Labute approximate surface area is 152 Å². The van der Waals surface area contributed by atoms with Crippen molar-refractivity contribution in [2.24, 2.45) is 0 Å². The third-order valence-electron chi connectivity index (χ3n) is 3.98. The second-order valence-electron chi connectivity index (χ2n) is 6.06. The van der Waals surface area contributed by atoms with Gasteiger partial charge in [0.05, 0.1) is 13.0 Å². The first kappa shape index (κ1) is 17.8. The van der Waals surface area contributed by atoms with Gasteiger partial charge in [0.25, 0.3) is 0 Å². The molecule has 26 heavy (non-hydrogen) atoms. The fraction of sp³-hybridized carbons (Fsp3) is 0.300. The van der Waals surface area contributed by atoms with E-state index in [9.17, 15) is 9.59 Å². The summed E-state index contributed by atoms with van der Waals surface area (Å²) in [6.07, 6.45) is 0.321. The number of fused-ring (bicyclic) bond motifs is 1. The minimum absolute atomic E-state index is 0.0929. The van der Waals surface area contributed by atoms with Gasteiger partial charge in [-0.2, -0.15) is 0 Å². The lowest BCUT2D eigenvalue weighted by Gasteiger charge is -2.26. The molecule has 1 atom stereocenters. The van der Waals surface area contributed by atoms with Gasteiger partial charge in [-0.25, -0.2) is 0 Å². The predicted octanol–water partition coefficient (Wildman–Crippen LogP) is 1.69. The van der Waals surface area contributed by atoms with E-state index in [4.69, 9.17) is 9.47 Å². The number of amides is 2. The lowest BCUT2D eigenvalue weighted by Crippen LogP contribution is -2.41. The van der Waals surface area contributed by atoms with Gasteiger partial charge < -0.3 is 20.1 Å². The first-order valence-corrected chi connectivity index (χ1v) is 8.66. The highest BCUT2D eigenvalue weighted by Gasteiger charge is 2.20. The summed E-state index contributed by atoms with van der Waals surface area (Å²) in [6, 6.07) is 16.9. The van der Waals surface area contributed by atoms with Gasteiger partial charge in [-0.1, -0.05) is 42.5 Å². The quantitative estimate of drug-likeness (QED) is 0.793. The molecule has 0 aromatic heterocycles. The van der Waals surface area contributed by atoms with Crippen molar-refractivity contribution in [3.63, 3.8) is 0 Å². The van der Waals surface area contributed by atoms with Crippen LogP contribution < -0.4 is 20.1 Å². The fourth-order valence-corrected chi connectivity index (χ4v) is 2.64. The van der Waals surface area contributed by atoms with Crippen molar-refractivity contribution in [2.45, 2.75) is 18.9 Å². The number of carbonyl (C=O) groups is 2. The first-order chi connectivity index (χ1) is 12.7. The van der Waals surface area contributed by atoms with Gasteiger partial charge in [0.15, 0.2) is 11.5 Å². The molecule has 136 valence electrons. The van der Waals surface area contributed by atoms with Crippen molar-refractivity contribution in [3.05, 3.63) is 60.2 Å². The summed E-state index contributed by atoms with van der Waals surface area (Å²) in [5.41, 5.74) is 0.948. The number of carbonyl (C=O) groups excluding carboxylic acids is 2. The average molecular weight is 354 g/mol. The van der Waals surface area contributed by atoms with Gasteiger partial charge in [-0.05, 0) is 17.7 Å². The summed E-state index contributed by atoms with van der Waals surface area (Å²) in [5, 5.41) is 5.57. The van der Waals surface area contributed by atoms with Crippen LogP contribution in [0.2, 0.25) is 0 Å². The minimum Gasteiger partial charge on any atom is -0.486 e. The molecular weight excluding hydrogens is 332 g/mol. The molecule has 6 nitrogen and oxygen atoms in total. The van der Waals surface area contributed by atoms with Crippen LogP contribution in [0.1, 0.15) is 12.0 Å². The Balaban J connectivity index is 1.32. The summed E-state index contributed by atoms with van der Waals surface area (Å²) in [6.45, 7) is 1.07. The Morgan fingerprint density at radius 2 is 1.65 bits per heavy atom. The molecule has 1 unspecified atom stereocenters. The van der Waals surface area contributed by atoms with Gasteiger partial charge in [0, 0.05) is 13.0 Å².